The maximum absolute atomic E-state index is 13.8. The molecule has 0 aliphatic carbocycles. The molecular formula is C26H31F3N6O3. The molecule has 1 aromatic carbocycles. The molecule has 2 aromatic rings. The third-order valence-corrected chi connectivity index (χ3v) is 6.79. The van der Waals surface area contributed by atoms with Gasteiger partial charge in [0.2, 0.25) is 5.91 Å². The van der Waals surface area contributed by atoms with Crippen molar-refractivity contribution in [1.29, 1.82) is 0 Å². The molecule has 0 spiro atoms. The van der Waals surface area contributed by atoms with Crippen molar-refractivity contribution in [2.75, 3.05) is 20.1 Å². The van der Waals surface area contributed by atoms with E-state index < -0.39 is 35.8 Å². The minimum Gasteiger partial charge on any atom is -0.354 e. The molecular weight excluding hydrogens is 501 g/mol. The molecule has 2 atom stereocenters. The van der Waals surface area contributed by atoms with Gasteiger partial charge in [0.15, 0.2) is 0 Å². The molecule has 2 aliphatic heterocycles. The number of urea groups is 1. The Hall–Kier alpha value is -3.83. The van der Waals surface area contributed by atoms with E-state index in [0.717, 1.165) is 6.07 Å². The lowest BCUT2D eigenvalue weighted by atomic mass is 9.91. The van der Waals surface area contributed by atoms with Crippen molar-refractivity contribution in [2.24, 2.45) is 5.92 Å². The molecule has 2 aliphatic rings. The number of nitrogens with zero attached hydrogens (tertiary/aromatic N) is 4. The zero-order valence-electron chi connectivity index (χ0n) is 21.5. The van der Waals surface area contributed by atoms with Crippen LogP contribution in [0.1, 0.15) is 43.9 Å². The van der Waals surface area contributed by atoms with Gasteiger partial charge in [0, 0.05) is 32.5 Å². The molecule has 204 valence electrons. The highest BCUT2D eigenvalue weighted by Crippen LogP contribution is 2.41. The van der Waals surface area contributed by atoms with Gasteiger partial charge in [-0.15, -0.1) is 0 Å². The number of carbonyl (C=O) groups is 3. The summed E-state index contributed by atoms with van der Waals surface area (Å²) in [5, 5.41) is 5.45. The van der Waals surface area contributed by atoms with Gasteiger partial charge < -0.3 is 20.1 Å². The fourth-order valence-electron chi connectivity index (χ4n) is 4.91. The Bertz CT molecular complexity index is 1230. The number of aryl methyl sites for hydroxylation is 1. The topological polar surface area (TPSA) is 99.6 Å². The monoisotopic (exact) mass is 532 g/mol. The van der Waals surface area contributed by atoms with Crippen LogP contribution in [-0.4, -0.2) is 63.4 Å². The highest BCUT2D eigenvalue weighted by Gasteiger charge is 2.48. The van der Waals surface area contributed by atoms with E-state index in [9.17, 15) is 27.6 Å². The maximum atomic E-state index is 13.8. The van der Waals surface area contributed by atoms with Crippen LogP contribution in [0.3, 0.4) is 0 Å². The number of likely N-dealkylation sites (N-methyl/N-ethyl adjacent to an activating group) is 1. The van der Waals surface area contributed by atoms with Crippen LogP contribution in [0.25, 0.3) is 0 Å². The minimum absolute atomic E-state index is 0.0467. The Balaban J connectivity index is 1.59. The lowest BCUT2D eigenvalue weighted by molar-refractivity contribution is -0.139. The molecule has 1 aromatic heterocycles. The van der Waals surface area contributed by atoms with E-state index in [-0.39, 0.29) is 29.5 Å². The Labute approximate surface area is 218 Å². The number of amides is 4. The molecule has 38 heavy (non-hydrogen) atoms. The van der Waals surface area contributed by atoms with E-state index in [1.54, 1.807) is 12.5 Å². The highest BCUT2D eigenvalue weighted by molar-refractivity contribution is 6.03. The number of hydrogen-bond donors (Lipinski definition) is 2. The van der Waals surface area contributed by atoms with E-state index in [0.29, 0.717) is 31.6 Å². The number of benzene rings is 1. The second-order valence-corrected chi connectivity index (χ2v) is 9.91. The van der Waals surface area contributed by atoms with Crippen LogP contribution >= 0.6 is 0 Å². The van der Waals surface area contributed by atoms with Gasteiger partial charge in [0.05, 0.1) is 35.7 Å². The van der Waals surface area contributed by atoms with Crippen LogP contribution in [0.5, 0.6) is 0 Å². The summed E-state index contributed by atoms with van der Waals surface area (Å²) >= 11 is 0. The van der Waals surface area contributed by atoms with Crippen molar-refractivity contribution >= 4 is 17.8 Å². The van der Waals surface area contributed by atoms with E-state index in [2.05, 4.69) is 15.6 Å². The van der Waals surface area contributed by atoms with Gasteiger partial charge in [-0.1, -0.05) is 32.0 Å². The third-order valence-electron chi connectivity index (χ3n) is 6.79. The second kappa shape index (κ2) is 10.9. The van der Waals surface area contributed by atoms with Gasteiger partial charge in [-0.2, -0.15) is 13.2 Å². The number of carbonyl (C=O) groups excluding carboxylic acids is 3. The maximum Gasteiger partial charge on any atom is 0.416 e. The average molecular weight is 533 g/mol. The van der Waals surface area contributed by atoms with E-state index in [4.69, 9.17) is 0 Å². The smallest absolute Gasteiger partial charge is 0.354 e. The van der Waals surface area contributed by atoms with E-state index in [1.807, 2.05) is 24.6 Å². The van der Waals surface area contributed by atoms with Crippen LogP contribution < -0.4 is 10.6 Å². The molecule has 0 saturated carbocycles. The number of nitrogens with one attached hydrogen (secondary N) is 2. The van der Waals surface area contributed by atoms with Crippen molar-refractivity contribution in [3.63, 3.8) is 0 Å². The Morgan fingerprint density at radius 2 is 1.97 bits per heavy atom. The SMILES string of the molecule is CC(C)CC(C(=O)NCCCn1ccnc1)N1CC2=C(C1=O)C(c1ccccc1C(F)(F)F)NC(=O)N2C. The Morgan fingerprint density at radius 1 is 1.24 bits per heavy atom. The number of hydrogen-bond acceptors (Lipinski definition) is 4. The first-order valence-corrected chi connectivity index (χ1v) is 12.5. The van der Waals surface area contributed by atoms with E-state index >= 15 is 0 Å². The summed E-state index contributed by atoms with van der Waals surface area (Å²) < 4.78 is 43.3. The number of halogens is 3. The number of imidazole rings is 1. The first-order chi connectivity index (χ1) is 18.0. The minimum atomic E-state index is -4.68. The zero-order chi connectivity index (χ0) is 27.6. The van der Waals surface area contributed by atoms with Crippen molar-refractivity contribution in [3.8, 4) is 0 Å². The Morgan fingerprint density at radius 3 is 2.63 bits per heavy atom. The molecule has 4 rings (SSSR count). The Kier molecular flexibility index (Phi) is 7.79. The summed E-state index contributed by atoms with van der Waals surface area (Å²) in [7, 11) is 1.46. The molecule has 0 fully saturated rings. The van der Waals surface area contributed by atoms with Crippen molar-refractivity contribution < 1.29 is 27.6 Å². The summed E-state index contributed by atoms with van der Waals surface area (Å²) in [6.07, 6.45) is 1.50. The van der Waals surface area contributed by atoms with Crippen molar-refractivity contribution in [1.82, 2.24) is 30.0 Å². The number of rotatable bonds is 9. The molecule has 0 saturated heterocycles. The molecule has 4 amide bonds. The summed E-state index contributed by atoms with van der Waals surface area (Å²) in [5.41, 5.74) is -0.802. The fraction of sp³-hybridized carbons (Fsp3) is 0.462. The molecule has 2 unspecified atom stereocenters. The normalized spacial score (nSPS) is 18.7. The van der Waals surface area contributed by atoms with Crippen LogP contribution in [0.15, 0.2) is 54.3 Å². The third kappa shape index (κ3) is 5.53. The van der Waals surface area contributed by atoms with Crippen LogP contribution in [0.4, 0.5) is 18.0 Å². The average Bonchev–Trinajstić information content (AvgIpc) is 3.50. The molecule has 2 N–H and O–H groups in total. The standard InChI is InChI=1S/C26H31F3N6O3/c1-16(2)13-19(23(36)31-9-6-11-34-12-10-30-15-34)35-14-20-21(24(35)37)22(32-25(38)33(20)3)17-7-4-5-8-18(17)26(27,28)29/h4-5,7-8,10,12,15-16,19,22H,6,9,11,13-14H2,1-3H3,(H,31,36)(H,32,38). The molecule has 9 nitrogen and oxygen atoms in total. The van der Waals surface area contributed by atoms with Crippen molar-refractivity contribution in [2.45, 2.75) is 51.5 Å². The quantitative estimate of drug-likeness (QED) is 0.484. The molecule has 12 heteroatoms. The lowest BCUT2D eigenvalue weighted by Gasteiger charge is -2.32. The number of aromatic nitrogens is 2. The molecule has 0 bridgehead atoms. The molecule has 0 radical (unpaired) electrons. The summed E-state index contributed by atoms with van der Waals surface area (Å²) in [5.74, 6) is -0.846. The largest absolute Gasteiger partial charge is 0.416 e. The van der Waals surface area contributed by atoms with Gasteiger partial charge in [-0.25, -0.2) is 9.78 Å². The lowest BCUT2D eigenvalue weighted by Crippen LogP contribution is -2.49. The summed E-state index contributed by atoms with van der Waals surface area (Å²) in [6, 6.07) is 2.13. The second-order valence-electron chi connectivity index (χ2n) is 9.91. The first kappa shape index (κ1) is 27.2. The van der Waals surface area contributed by atoms with E-state index in [1.165, 1.54) is 35.0 Å². The van der Waals surface area contributed by atoms with Crippen LogP contribution in [0.2, 0.25) is 0 Å². The zero-order valence-corrected chi connectivity index (χ0v) is 21.5. The highest BCUT2D eigenvalue weighted by atomic mass is 19.4. The summed E-state index contributed by atoms with van der Waals surface area (Å²) in [6.45, 7) is 4.83. The molecule has 3 heterocycles. The van der Waals surface area contributed by atoms with Crippen LogP contribution in [-0.2, 0) is 22.3 Å². The summed E-state index contributed by atoms with van der Waals surface area (Å²) in [4.78, 5) is 46.4. The van der Waals surface area contributed by atoms with Crippen molar-refractivity contribution in [3.05, 3.63) is 65.4 Å². The predicted molar refractivity (Wildman–Crippen MR) is 132 cm³/mol. The number of alkyl halides is 3. The van der Waals surface area contributed by atoms with Gasteiger partial charge in [0.1, 0.15) is 6.04 Å². The van der Waals surface area contributed by atoms with Gasteiger partial charge in [0.25, 0.3) is 5.91 Å². The first-order valence-electron chi connectivity index (χ1n) is 12.5. The van der Waals surface area contributed by atoms with Gasteiger partial charge in [-0.3, -0.25) is 14.5 Å². The van der Waals surface area contributed by atoms with Gasteiger partial charge in [-0.05, 0) is 30.4 Å². The fourth-order valence-corrected chi connectivity index (χ4v) is 4.91. The van der Waals surface area contributed by atoms with Crippen LogP contribution in [0, 0.1) is 5.92 Å². The van der Waals surface area contributed by atoms with Gasteiger partial charge >= 0.3 is 12.2 Å². The predicted octanol–water partition coefficient (Wildman–Crippen LogP) is 3.32.